The molecule has 0 atom stereocenters. The molecule has 0 bridgehead atoms. The van der Waals surface area contributed by atoms with Gasteiger partial charge in [0.05, 0.1) is 11.3 Å². The van der Waals surface area contributed by atoms with Gasteiger partial charge in [0.25, 0.3) is 0 Å². The number of nitrogens with one attached hydrogen (secondary N) is 1. The van der Waals surface area contributed by atoms with Crippen molar-refractivity contribution in [3.63, 3.8) is 0 Å². The Bertz CT molecular complexity index is 334. The molecule has 1 fully saturated rings. The van der Waals surface area contributed by atoms with Crippen LogP contribution >= 0.6 is 11.3 Å². The van der Waals surface area contributed by atoms with Gasteiger partial charge in [-0.15, -0.1) is 11.3 Å². The van der Waals surface area contributed by atoms with Gasteiger partial charge in [-0.25, -0.2) is 4.98 Å². The number of hydrogen-bond donors (Lipinski definition) is 2. The highest BCUT2D eigenvalue weighted by molar-refractivity contribution is 7.13. The van der Waals surface area contributed by atoms with E-state index in [2.05, 4.69) is 22.6 Å². The van der Waals surface area contributed by atoms with E-state index in [9.17, 15) is 5.11 Å². The van der Waals surface area contributed by atoms with Crippen molar-refractivity contribution >= 4 is 16.5 Å². The summed E-state index contributed by atoms with van der Waals surface area (Å²) in [6.45, 7) is 3.95. The highest BCUT2D eigenvalue weighted by Crippen LogP contribution is 2.22. The predicted octanol–water partition coefficient (Wildman–Crippen LogP) is 1.66. The van der Waals surface area contributed by atoms with Crippen LogP contribution in [0.15, 0.2) is 5.38 Å². The van der Waals surface area contributed by atoms with Crippen molar-refractivity contribution in [3.05, 3.63) is 11.1 Å². The van der Waals surface area contributed by atoms with Crippen molar-refractivity contribution in [3.8, 4) is 0 Å². The number of hydrogen-bond acceptors (Lipinski definition) is 5. The first-order valence-electron chi connectivity index (χ1n) is 5.70. The van der Waals surface area contributed by atoms with Crippen molar-refractivity contribution in [2.24, 2.45) is 0 Å². The lowest BCUT2D eigenvalue weighted by Gasteiger charge is -2.31. The molecule has 2 heterocycles. The Morgan fingerprint density at radius 2 is 2.31 bits per heavy atom. The van der Waals surface area contributed by atoms with Crippen molar-refractivity contribution in [1.82, 2.24) is 4.98 Å². The second-order valence-electron chi connectivity index (χ2n) is 4.19. The SMILES string of the molecule is CCc1csc(NCC2(O)CCOCC2)n1. The van der Waals surface area contributed by atoms with E-state index in [0.29, 0.717) is 32.6 Å². The summed E-state index contributed by atoms with van der Waals surface area (Å²) in [5.74, 6) is 0. The molecule has 0 radical (unpaired) electrons. The fraction of sp³-hybridized carbons (Fsp3) is 0.727. The number of aliphatic hydroxyl groups is 1. The Labute approximate surface area is 99.7 Å². The smallest absolute Gasteiger partial charge is 0.182 e. The van der Waals surface area contributed by atoms with Crippen molar-refractivity contribution in [2.75, 3.05) is 25.1 Å². The Hall–Kier alpha value is -0.650. The molecule has 1 saturated heterocycles. The summed E-state index contributed by atoms with van der Waals surface area (Å²) >= 11 is 1.60. The van der Waals surface area contributed by atoms with Gasteiger partial charge >= 0.3 is 0 Å². The summed E-state index contributed by atoms with van der Waals surface area (Å²) in [5, 5.41) is 16.4. The summed E-state index contributed by atoms with van der Waals surface area (Å²) < 4.78 is 5.24. The molecule has 0 spiro atoms. The molecule has 1 aromatic heterocycles. The van der Waals surface area contributed by atoms with Gasteiger partial charge in [-0.3, -0.25) is 0 Å². The van der Waals surface area contributed by atoms with Gasteiger partial charge in [-0.1, -0.05) is 6.92 Å². The van der Waals surface area contributed by atoms with E-state index < -0.39 is 5.60 Å². The van der Waals surface area contributed by atoms with Crippen LogP contribution in [0.4, 0.5) is 5.13 Å². The van der Waals surface area contributed by atoms with Gasteiger partial charge < -0.3 is 15.2 Å². The number of thiazole rings is 1. The van der Waals surface area contributed by atoms with Crippen LogP contribution in [0.2, 0.25) is 0 Å². The molecule has 1 aliphatic rings. The molecule has 5 heteroatoms. The Balaban J connectivity index is 1.86. The van der Waals surface area contributed by atoms with Gasteiger partial charge in [0.2, 0.25) is 0 Å². The second-order valence-corrected chi connectivity index (χ2v) is 5.05. The highest BCUT2D eigenvalue weighted by atomic mass is 32.1. The first-order chi connectivity index (χ1) is 7.72. The molecule has 90 valence electrons. The quantitative estimate of drug-likeness (QED) is 0.843. The maximum Gasteiger partial charge on any atom is 0.182 e. The van der Waals surface area contributed by atoms with E-state index in [1.54, 1.807) is 11.3 Å². The molecule has 0 unspecified atom stereocenters. The largest absolute Gasteiger partial charge is 0.388 e. The second kappa shape index (κ2) is 5.12. The van der Waals surface area contributed by atoms with Gasteiger partial charge in [0.15, 0.2) is 5.13 Å². The van der Waals surface area contributed by atoms with Crippen molar-refractivity contribution in [2.45, 2.75) is 31.8 Å². The molecule has 2 rings (SSSR count). The molecule has 1 aromatic rings. The van der Waals surface area contributed by atoms with E-state index in [0.717, 1.165) is 17.2 Å². The summed E-state index contributed by atoms with van der Waals surface area (Å²) in [6, 6.07) is 0. The van der Waals surface area contributed by atoms with Crippen LogP contribution < -0.4 is 5.32 Å². The Morgan fingerprint density at radius 3 is 2.94 bits per heavy atom. The summed E-state index contributed by atoms with van der Waals surface area (Å²) in [5.41, 5.74) is 0.475. The lowest BCUT2D eigenvalue weighted by Crippen LogP contribution is -2.42. The van der Waals surface area contributed by atoms with Crippen LogP contribution in [0.25, 0.3) is 0 Å². The minimum atomic E-state index is -0.629. The van der Waals surface area contributed by atoms with Gasteiger partial charge in [0, 0.05) is 38.0 Å². The van der Waals surface area contributed by atoms with Crippen LogP contribution in [0, 0.1) is 0 Å². The third-order valence-electron chi connectivity index (χ3n) is 2.91. The Morgan fingerprint density at radius 1 is 1.56 bits per heavy atom. The van der Waals surface area contributed by atoms with Crippen LogP contribution in [-0.2, 0) is 11.2 Å². The fourth-order valence-corrected chi connectivity index (χ4v) is 2.51. The summed E-state index contributed by atoms with van der Waals surface area (Å²) in [4.78, 5) is 4.41. The minimum Gasteiger partial charge on any atom is -0.388 e. The normalized spacial score (nSPS) is 19.6. The molecule has 1 aliphatic heterocycles. The standard InChI is InChI=1S/C11H18N2O2S/c1-2-9-7-16-10(13-9)12-8-11(14)3-5-15-6-4-11/h7,14H,2-6,8H2,1H3,(H,12,13). The molecule has 0 aromatic carbocycles. The molecule has 2 N–H and O–H groups in total. The maximum atomic E-state index is 10.2. The van der Waals surface area contributed by atoms with Gasteiger partial charge in [-0.2, -0.15) is 0 Å². The molecule has 16 heavy (non-hydrogen) atoms. The van der Waals surface area contributed by atoms with Crippen molar-refractivity contribution < 1.29 is 9.84 Å². The number of aromatic nitrogens is 1. The van der Waals surface area contributed by atoms with E-state index in [-0.39, 0.29) is 0 Å². The summed E-state index contributed by atoms with van der Waals surface area (Å²) in [6.07, 6.45) is 2.36. The topological polar surface area (TPSA) is 54.4 Å². The number of nitrogens with zero attached hydrogens (tertiary/aromatic N) is 1. The molecule has 0 saturated carbocycles. The monoisotopic (exact) mass is 242 g/mol. The molecule has 4 nitrogen and oxygen atoms in total. The van der Waals surface area contributed by atoms with E-state index in [1.807, 2.05) is 0 Å². The van der Waals surface area contributed by atoms with Crippen LogP contribution in [0.1, 0.15) is 25.5 Å². The highest BCUT2D eigenvalue weighted by Gasteiger charge is 2.29. The molecular weight excluding hydrogens is 224 g/mol. The number of aryl methyl sites for hydroxylation is 1. The number of rotatable bonds is 4. The zero-order chi connectivity index (χ0) is 11.4. The average Bonchev–Trinajstić information content (AvgIpc) is 2.75. The Kier molecular flexibility index (Phi) is 3.78. The summed E-state index contributed by atoms with van der Waals surface area (Å²) in [7, 11) is 0. The first-order valence-corrected chi connectivity index (χ1v) is 6.58. The zero-order valence-corrected chi connectivity index (χ0v) is 10.3. The van der Waals surface area contributed by atoms with Crippen LogP contribution in [0.5, 0.6) is 0 Å². The third-order valence-corrected chi connectivity index (χ3v) is 3.75. The third kappa shape index (κ3) is 2.93. The number of ether oxygens (including phenoxy) is 1. The van der Waals surface area contributed by atoms with Gasteiger partial charge in [0.1, 0.15) is 0 Å². The van der Waals surface area contributed by atoms with E-state index >= 15 is 0 Å². The molecule has 0 aliphatic carbocycles. The van der Waals surface area contributed by atoms with Crippen LogP contribution in [-0.4, -0.2) is 35.5 Å². The predicted molar refractivity (Wildman–Crippen MR) is 65.0 cm³/mol. The average molecular weight is 242 g/mol. The zero-order valence-electron chi connectivity index (χ0n) is 9.53. The van der Waals surface area contributed by atoms with E-state index in [1.165, 1.54) is 0 Å². The maximum absolute atomic E-state index is 10.2. The van der Waals surface area contributed by atoms with Crippen molar-refractivity contribution in [1.29, 1.82) is 0 Å². The van der Waals surface area contributed by atoms with Gasteiger partial charge in [-0.05, 0) is 6.42 Å². The molecule has 0 amide bonds. The number of anilines is 1. The first kappa shape index (κ1) is 11.8. The fourth-order valence-electron chi connectivity index (χ4n) is 1.72. The van der Waals surface area contributed by atoms with E-state index in [4.69, 9.17) is 4.74 Å². The molecular formula is C11H18N2O2S. The minimum absolute atomic E-state index is 0.563. The lowest BCUT2D eigenvalue weighted by molar-refractivity contribution is -0.0543. The lowest BCUT2D eigenvalue weighted by atomic mass is 9.95. The van der Waals surface area contributed by atoms with Crippen LogP contribution in [0.3, 0.4) is 0 Å².